The SMILES string of the molecule is COc1ccc(I)cc1C(=O)CCBr. The highest BCUT2D eigenvalue weighted by Crippen LogP contribution is 2.22. The van der Waals surface area contributed by atoms with Crippen molar-refractivity contribution in [1.82, 2.24) is 0 Å². The van der Waals surface area contributed by atoms with Crippen molar-refractivity contribution < 1.29 is 9.53 Å². The van der Waals surface area contributed by atoms with Gasteiger partial charge in [0.25, 0.3) is 0 Å². The van der Waals surface area contributed by atoms with Crippen LogP contribution in [-0.2, 0) is 0 Å². The number of rotatable bonds is 4. The summed E-state index contributed by atoms with van der Waals surface area (Å²) in [6.07, 6.45) is 0.496. The first kappa shape index (κ1) is 12.0. The minimum atomic E-state index is 0.109. The molecule has 0 spiro atoms. The molecule has 0 aromatic heterocycles. The third-order valence-corrected chi connectivity index (χ3v) is 2.85. The number of alkyl halides is 1. The van der Waals surface area contributed by atoms with Gasteiger partial charge < -0.3 is 4.74 Å². The van der Waals surface area contributed by atoms with Gasteiger partial charge in [0.1, 0.15) is 5.75 Å². The fourth-order valence-electron chi connectivity index (χ4n) is 1.12. The van der Waals surface area contributed by atoms with Crippen LogP contribution in [0.2, 0.25) is 0 Å². The smallest absolute Gasteiger partial charge is 0.167 e. The highest BCUT2D eigenvalue weighted by Gasteiger charge is 2.11. The van der Waals surface area contributed by atoms with Gasteiger partial charge in [-0.05, 0) is 40.8 Å². The van der Waals surface area contributed by atoms with E-state index in [1.807, 2.05) is 18.2 Å². The topological polar surface area (TPSA) is 26.3 Å². The zero-order valence-corrected chi connectivity index (χ0v) is 11.5. The fourth-order valence-corrected chi connectivity index (χ4v) is 1.97. The molecule has 0 aliphatic heterocycles. The maximum Gasteiger partial charge on any atom is 0.167 e. The van der Waals surface area contributed by atoms with E-state index in [1.165, 1.54) is 0 Å². The van der Waals surface area contributed by atoms with Crippen molar-refractivity contribution in [1.29, 1.82) is 0 Å². The highest BCUT2D eigenvalue weighted by molar-refractivity contribution is 14.1. The molecule has 4 heteroatoms. The zero-order chi connectivity index (χ0) is 10.6. The lowest BCUT2D eigenvalue weighted by Crippen LogP contribution is -2.03. The predicted molar refractivity (Wildman–Crippen MR) is 68.5 cm³/mol. The molecule has 0 fully saturated rings. The van der Waals surface area contributed by atoms with Crippen molar-refractivity contribution in [3.05, 3.63) is 27.3 Å². The Hall–Kier alpha value is -0.100. The van der Waals surface area contributed by atoms with Gasteiger partial charge in [0, 0.05) is 15.3 Å². The van der Waals surface area contributed by atoms with Crippen LogP contribution >= 0.6 is 38.5 Å². The van der Waals surface area contributed by atoms with Gasteiger partial charge >= 0.3 is 0 Å². The molecule has 0 N–H and O–H groups in total. The van der Waals surface area contributed by atoms with E-state index in [-0.39, 0.29) is 5.78 Å². The summed E-state index contributed by atoms with van der Waals surface area (Å²) in [5.41, 5.74) is 0.666. The molecule has 1 aromatic rings. The highest BCUT2D eigenvalue weighted by atomic mass is 127. The fraction of sp³-hybridized carbons (Fsp3) is 0.300. The van der Waals surface area contributed by atoms with E-state index in [0.717, 1.165) is 3.57 Å². The second-order valence-electron chi connectivity index (χ2n) is 2.71. The average molecular weight is 369 g/mol. The first-order chi connectivity index (χ1) is 6.69. The largest absolute Gasteiger partial charge is 0.496 e. The maximum atomic E-state index is 11.7. The number of halogens is 2. The summed E-state index contributed by atoms with van der Waals surface area (Å²) < 4.78 is 6.17. The Morgan fingerprint density at radius 2 is 2.29 bits per heavy atom. The Kier molecular flexibility index (Phi) is 4.88. The second-order valence-corrected chi connectivity index (χ2v) is 4.75. The van der Waals surface area contributed by atoms with Gasteiger partial charge in [-0.25, -0.2) is 0 Å². The number of ether oxygens (including phenoxy) is 1. The second kappa shape index (κ2) is 5.70. The lowest BCUT2D eigenvalue weighted by atomic mass is 10.1. The summed E-state index contributed by atoms with van der Waals surface area (Å²) in [5.74, 6) is 0.758. The van der Waals surface area contributed by atoms with E-state index in [2.05, 4.69) is 38.5 Å². The van der Waals surface area contributed by atoms with Crippen molar-refractivity contribution in [2.45, 2.75) is 6.42 Å². The predicted octanol–water partition coefficient (Wildman–Crippen LogP) is 3.27. The third kappa shape index (κ3) is 2.95. The molecule has 0 heterocycles. The number of benzene rings is 1. The molecule has 76 valence electrons. The van der Waals surface area contributed by atoms with Crippen molar-refractivity contribution in [2.24, 2.45) is 0 Å². The van der Waals surface area contributed by atoms with Crippen LogP contribution in [0.5, 0.6) is 5.75 Å². The van der Waals surface area contributed by atoms with E-state index in [4.69, 9.17) is 4.74 Å². The molecule has 14 heavy (non-hydrogen) atoms. The molecule has 1 aromatic carbocycles. The first-order valence-corrected chi connectivity index (χ1v) is 6.31. The van der Waals surface area contributed by atoms with Gasteiger partial charge in [-0.15, -0.1) is 0 Å². The minimum absolute atomic E-state index is 0.109. The van der Waals surface area contributed by atoms with Crippen LogP contribution in [0.1, 0.15) is 16.8 Å². The molecule has 0 atom stereocenters. The van der Waals surface area contributed by atoms with Gasteiger partial charge in [0.15, 0.2) is 5.78 Å². The Labute approximate surface area is 105 Å². The summed E-state index contributed by atoms with van der Waals surface area (Å²) >= 11 is 5.43. The molecule has 0 radical (unpaired) electrons. The molecule has 0 saturated heterocycles. The lowest BCUT2D eigenvalue weighted by molar-refractivity contribution is 0.0987. The van der Waals surface area contributed by atoms with Gasteiger partial charge in [-0.2, -0.15) is 0 Å². The average Bonchev–Trinajstić information content (AvgIpc) is 2.18. The van der Waals surface area contributed by atoms with E-state index in [1.54, 1.807) is 7.11 Å². The number of Topliss-reactive ketones (excluding diaryl/α,β-unsaturated/α-hetero) is 1. The Balaban J connectivity index is 3.03. The van der Waals surface area contributed by atoms with Crippen molar-refractivity contribution in [3.63, 3.8) is 0 Å². The minimum Gasteiger partial charge on any atom is -0.496 e. The standard InChI is InChI=1S/C10H10BrIO2/c1-14-10-3-2-7(12)6-8(10)9(13)4-5-11/h2-3,6H,4-5H2,1H3. The summed E-state index contributed by atoms with van der Waals surface area (Å²) in [7, 11) is 1.58. The summed E-state index contributed by atoms with van der Waals surface area (Å²) in [6.45, 7) is 0. The maximum absolute atomic E-state index is 11.7. The Morgan fingerprint density at radius 3 is 2.86 bits per heavy atom. The number of carbonyl (C=O) groups excluding carboxylic acids is 1. The van der Waals surface area contributed by atoms with Crippen LogP contribution in [0.25, 0.3) is 0 Å². The first-order valence-electron chi connectivity index (χ1n) is 4.11. The van der Waals surface area contributed by atoms with Crippen LogP contribution in [0.4, 0.5) is 0 Å². The molecule has 0 aliphatic rings. The van der Waals surface area contributed by atoms with Gasteiger partial charge in [0.2, 0.25) is 0 Å². The van der Waals surface area contributed by atoms with Crippen molar-refractivity contribution in [3.8, 4) is 5.75 Å². The number of methoxy groups -OCH3 is 1. The third-order valence-electron chi connectivity index (χ3n) is 1.78. The molecule has 1 rings (SSSR count). The van der Waals surface area contributed by atoms with E-state index < -0.39 is 0 Å². The van der Waals surface area contributed by atoms with Crippen LogP contribution < -0.4 is 4.74 Å². The normalized spacial score (nSPS) is 9.93. The van der Waals surface area contributed by atoms with Crippen LogP contribution in [-0.4, -0.2) is 18.2 Å². The molecular formula is C10H10BrIO2. The molecule has 2 nitrogen and oxygen atoms in total. The van der Waals surface area contributed by atoms with Crippen LogP contribution in [0.15, 0.2) is 18.2 Å². The van der Waals surface area contributed by atoms with Crippen molar-refractivity contribution in [2.75, 3.05) is 12.4 Å². The quantitative estimate of drug-likeness (QED) is 0.463. The summed E-state index contributed by atoms with van der Waals surface area (Å²) in [5, 5.41) is 0.681. The van der Waals surface area contributed by atoms with Gasteiger partial charge in [0.05, 0.1) is 12.7 Å². The Bertz CT molecular complexity index is 339. The van der Waals surface area contributed by atoms with E-state index in [0.29, 0.717) is 23.1 Å². The molecule has 0 unspecified atom stereocenters. The molecule has 0 saturated carbocycles. The summed E-state index contributed by atoms with van der Waals surface area (Å²) in [6, 6.07) is 5.60. The lowest BCUT2D eigenvalue weighted by Gasteiger charge is -2.06. The molecular weight excluding hydrogens is 359 g/mol. The van der Waals surface area contributed by atoms with Crippen LogP contribution in [0, 0.1) is 3.57 Å². The van der Waals surface area contributed by atoms with E-state index >= 15 is 0 Å². The molecule has 0 aliphatic carbocycles. The van der Waals surface area contributed by atoms with Crippen molar-refractivity contribution >= 4 is 44.3 Å². The van der Waals surface area contributed by atoms with E-state index in [9.17, 15) is 4.79 Å². The number of hydrogen-bond acceptors (Lipinski definition) is 2. The molecule has 0 bridgehead atoms. The zero-order valence-electron chi connectivity index (χ0n) is 7.72. The monoisotopic (exact) mass is 368 g/mol. The van der Waals surface area contributed by atoms with Gasteiger partial charge in [-0.1, -0.05) is 15.9 Å². The number of ketones is 1. The number of hydrogen-bond donors (Lipinski definition) is 0. The molecule has 0 amide bonds. The van der Waals surface area contributed by atoms with Crippen LogP contribution in [0.3, 0.4) is 0 Å². The van der Waals surface area contributed by atoms with Gasteiger partial charge in [-0.3, -0.25) is 4.79 Å². The Morgan fingerprint density at radius 1 is 1.57 bits per heavy atom. The number of carbonyl (C=O) groups is 1. The summed E-state index contributed by atoms with van der Waals surface area (Å²) in [4.78, 5) is 11.7.